The van der Waals surface area contributed by atoms with Crippen molar-refractivity contribution in [2.45, 2.75) is 19.4 Å². The van der Waals surface area contributed by atoms with E-state index in [0.29, 0.717) is 5.69 Å². The third-order valence-electron chi connectivity index (χ3n) is 2.46. The predicted molar refractivity (Wildman–Crippen MR) is 63.3 cm³/mol. The van der Waals surface area contributed by atoms with Crippen molar-refractivity contribution in [1.29, 1.82) is 5.26 Å². The average Bonchev–Trinajstić information content (AvgIpc) is 2.72. The molecule has 5 heteroatoms. The molecule has 1 atom stereocenters. The first-order valence-electron chi connectivity index (χ1n) is 5.33. The first kappa shape index (κ1) is 11.1. The lowest BCUT2D eigenvalue weighted by Crippen LogP contribution is -2.32. The number of carbonyl (C=O) groups excluding carboxylic acids is 1. The van der Waals surface area contributed by atoms with E-state index >= 15 is 0 Å². The molecule has 2 aromatic rings. The van der Waals surface area contributed by atoms with Gasteiger partial charge in [-0.25, -0.2) is 0 Å². The Morgan fingerprint density at radius 3 is 3.12 bits per heavy atom. The van der Waals surface area contributed by atoms with E-state index in [4.69, 9.17) is 5.26 Å². The van der Waals surface area contributed by atoms with Crippen LogP contribution in [0.3, 0.4) is 0 Å². The zero-order valence-corrected chi connectivity index (χ0v) is 9.40. The number of H-pyrrole nitrogens is 1. The first-order chi connectivity index (χ1) is 8.22. The van der Waals surface area contributed by atoms with Crippen LogP contribution in [0.4, 0.5) is 0 Å². The number of nitriles is 1. The summed E-state index contributed by atoms with van der Waals surface area (Å²) < 4.78 is 0. The smallest absolute Gasteiger partial charge is 0.272 e. The largest absolute Gasteiger partial charge is 0.347 e. The fraction of sp³-hybridized carbons (Fsp3) is 0.250. The number of rotatable bonds is 3. The van der Waals surface area contributed by atoms with Crippen LogP contribution in [-0.2, 0) is 0 Å². The van der Waals surface area contributed by atoms with E-state index in [9.17, 15) is 4.79 Å². The molecule has 2 N–H and O–H groups in total. The molecule has 0 bridgehead atoms. The van der Waals surface area contributed by atoms with E-state index in [1.165, 1.54) is 0 Å². The maximum absolute atomic E-state index is 11.9. The van der Waals surface area contributed by atoms with E-state index < -0.39 is 0 Å². The van der Waals surface area contributed by atoms with Gasteiger partial charge in [-0.15, -0.1) is 0 Å². The van der Waals surface area contributed by atoms with Gasteiger partial charge in [0.25, 0.3) is 5.91 Å². The standard InChI is InChI=1S/C12H12N4O/c1-8(6-7-13)14-12(17)11-9-4-2-3-5-10(9)15-16-11/h2-5,8H,6H2,1H3,(H,14,17)(H,15,16)/t8-/m1/s1. The molecule has 17 heavy (non-hydrogen) atoms. The maximum Gasteiger partial charge on any atom is 0.272 e. The Labute approximate surface area is 98.4 Å². The summed E-state index contributed by atoms with van der Waals surface area (Å²) >= 11 is 0. The van der Waals surface area contributed by atoms with Gasteiger partial charge < -0.3 is 5.32 Å². The third-order valence-corrected chi connectivity index (χ3v) is 2.46. The zero-order valence-electron chi connectivity index (χ0n) is 9.40. The molecular formula is C12H12N4O. The molecule has 5 nitrogen and oxygen atoms in total. The topological polar surface area (TPSA) is 81.6 Å². The van der Waals surface area contributed by atoms with Gasteiger partial charge in [0.05, 0.1) is 18.0 Å². The van der Waals surface area contributed by atoms with E-state index in [1.54, 1.807) is 6.92 Å². The summed E-state index contributed by atoms with van der Waals surface area (Å²) in [4.78, 5) is 11.9. The van der Waals surface area contributed by atoms with Crippen LogP contribution in [0.25, 0.3) is 10.9 Å². The number of aromatic amines is 1. The Kier molecular flexibility index (Phi) is 3.06. The number of nitrogens with one attached hydrogen (secondary N) is 2. The second-order valence-corrected chi connectivity index (χ2v) is 3.85. The van der Waals surface area contributed by atoms with Gasteiger partial charge in [-0.3, -0.25) is 9.89 Å². The van der Waals surface area contributed by atoms with Gasteiger partial charge in [-0.1, -0.05) is 18.2 Å². The van der Waals surface area contributed by atoms with Gasteiger partial charge in [0.1, 0.15) is 0 Å². The molecule has 2 rings (SSSR count). The Bertz CT molecular complexity index is 581. The molecule has 0 spiro atoms. The van der Waals surface area contributed by atoms with Crippen LogP contribution in [0, 0.1) is 11.3 Å². The van der Waals surface area contributed by atoms with E-state index in [1.807, 2.05) is 30.3 Å². The minimum atomic E-state index is -0.259. The summed E-state index contributed by atoms with van der Waals surface area (Å²) in [5.74, 6) is -0.259. The van der Waals surface area contributed by atoms with Gasteiger partial charge in [0, 0.05) is 11.4 Å². The van der Waals surface area contributed by atoms with Crippen molar-refractivity contribution in [3.05, 3.63) is 30.0 Å². The first-order valence-corrected chi connectivity index (χ1v) is 5.33. The number of para-hydroxylation sites is 1. The highest BCUT2D eigenvalue weighted by atomic mass is 16.2. The van der Waals surface area contributed by atoms with Crippen LogP contribution in [-0.4, -0.2) is 22.1 Å². The zero-order chi connectivity index (χ0) is 12.3. The SMILES string of the molecule is C[C@H](CC#N)NC(=O)c1n[nH]c2ccccc12. The molecule has 86 valence electrons. The molecule has 0 radical (unpaired) electrons. The summed E-state index contributed by atoms with van der Waals surface area (Å²) in [5, 5.41) is 18.8. The number of carbonyl (C=O) groups is 1. The summed E-state index contributed by atoms with van der Waals surface area (Å²) in [7, 11) is 0. The number of aromatic nitrogens is 2. The molecule has 0 fully saturated rings. The van der Waals surface area contributed by atoms with Crippen LogP contribution in [0.5, 0.6) is 0 Å². The number of nitrogens with zero attached hydrogens (tertiary/aromatic N) is 2. The molecule has 1 aromatic heterocycles. The van der Waals surface area contributed by atoms with Crippen LogP contribution >= 0.6 is 0 Å². The van der Waals surface area contributed by atoms with Crippen LogP contribution < -0.4 is 5.32 Å². The van der Waals surface area contributed by atoms with Crippen LogP contribution in [0.2, 0.25) is 0 Å². The van der Waals surface area contributed by atoms with Gasteiger partial charge >= 0.3 is 0 Å². The van der Waals surface area contributed by atoms with Gasteiger partial charge in [0.15, 0.2) is 5.69 Å². The molecule has 0 aliphatic heterocycles. The van der Waals surface area contributed by atoms with E-state index in [0.717, 1.165) is 10.9 Å². The van der Waals surface area contributed by atoms with Crippen LogP contribution in [0.15, 0.2) is 24.3 Å². The molecule has 0 saturated carbocycles. The third kappa shape index (κ3) is 2.26. The van der Waals surface area contributed by atoms with Crippen molar-refractivity contribution >= 4 is 16.8 Å². The molecule has 0 aliphatic rings. The number of fused-ring (bicyclic) bond motifs is 1. The molecule has 0 saturated heterocycles. The van der Waals surface area contributed by atoms with Crippen LogP contribution in [0.1, 0.15) is 23.8 Å². The summed E-state index contributed by atoms with van der Waals surface area (Å²) in [6.45, 7) is 1.79. The summed E-state index contributed by atoms with van der Waals surface area (Å²) in [6.07, 6.45) is 0.286. The maximum atomic E-state index is 11.9. The molecule has 1 aromatic carbocycles. The van der Waals surface area contributed by atoms with E-state index in [2.05, 4.69) is 15.5 Å². The lowest BCUT2D eigenvalue weighted by molar-refractivity contribution is 0.0937. The van der Waals surface area contributed by atoms with Crippen molar-refractivity contribution in [1.82, 2.24) is 15.5 Å². The highest BCUT2D eigenvalue weighted by molar-refractivity contribution is 6.04. The average molecular weight is 228 g/mol. The minimum Gasteiger partial charge on any atom is -0.347 e. The molecule has 0 unspecified atom stereocenters. The van der Waals surface area contributed by atoms with Crippen molar-refractivity contribution in [3.8, 4) is 6.07 Å². The molecular weight excluding hydrogens is 216 g/mol. The summed E-state index contributed by atoms with van der Waals surface area (Å²) in [5.41, 5.74) is 1.19. The number of hydrogen-bond donors (Lipinski definition) is 2. The fourth-order valence-corrected chi connectivity index (χ4v) is 1.62. The highest BCUT2D eigenvalue weighted by Gasteiger charge is 2.15. The van der Waals surface area contributed by atoms with Crippen molar-refractivity contribution < 1.29 is 4.79 Å². The van der Waals surface area contributed by atoms with Crippen molar-refractivity contribution in [2.24, 2.45) is 0 Å². The number of benzene rings is 1. The second-order valence-electron chi connectivity index (χ2n) is 3.85. The van der Waals surface area contributed by atoms with Crippen molar-refractivity contribution in [2.75, 3.05) is 0 Å². The Hall–Kier alpha value is -2.35. The normalized spacial score (nSPS) is 12.0. The lowest BCUT2D eigenvalue weighted by Gasteiger charge is -2.08. The molecule has 1 amide bonds. The Balaban J connectivity index is 2.23. The van der Waals surface area contributed by atoms with Gasteiger partial charge in [0.2, 0.25) is 0 Å². The minimum absolute atomic E-state index is 0.178. The van der Waals surface area contributed by atoms with Gasteiger partial charge in [-0.05, 0) is 13.0 Å². The van der Waals surface area contributed by atoms with E-state index in [-0.39, 0.29) is 18.4 Å². The summed E-state index contributed by atoms with van der Waals surface area (Å²) in [6, 6.07) is 9.26. The van der Waals surface area contributed by atoms with Gasteiger partial charge in [-0.2, -0.15) is 10.4 Å². The Morgan fingerprint density at radius 2 is 2.35 bits per heavy atom. The fourth-order valence-electron chi connectivity index (χ4n) is 1.62. The number of hydrogen-bond acceptors (Lipinski definition) is 3. The molecule has 1 heterocycles. The number of amides is 1. The highest BCUT2D eigenvalue weighted by Crippen LogP contribution is 2.14. The van der Waals surface area contributed by atoms with Crippen molar-refractivity contribution in [3.63, 3.8) is 0 Å². The quantitative estimate of drug-likeness (QED) is 0.837. The Morgan fingerprint density at radius 1 is 1.59 bits per heavy atom. The lowest BCUT2D eigenvalue weighted by atomic mass is 10.2. The predicted octanol–water partition coefficient (Wildman–Crippen LogP) is 1.59. The second kappa shape index (κ2) is 4.66. The molecule has 0 aliphatic carbocycles. The monoisotopic (exact) mass is 228 g/mol.